The van der Waals surface area contributed by atoms with E-state index in [1.807, 2.05) is 61.5 Å². The second-order valence-electron chi connectivity index (χ2n) is 5.98. The van der Waals surface area contributed by atoms with E-state index in [0.29, 0.717) is 24.6 Å². The molecule has 3 aromatic rings. The van der Waals surface area contributed by atoms with Crippen molar-refractivity contribution in [1.82, 2.24) is 9.97 Å². The highest BCUT2D eigenvalue weighted by Gasteiger charge is 2.17. The van der Waals surface area contributed by atoms with Gasteiger partial charge in [-0.3, -0.25) is 4.79 Å². The van der Waals surface area contributed by atoms with Crippen molar-refractivity contribution >= 4 is 29.0 Å². The van der Waals surface area contributed by atoms with Gasteiger partial charge in [-0.05, 0) is 43.2 Å². The van der Waals surface area contributed by atoms with Crippen LogP contribution in [0.5, 0.6) is 0 Å². The van der Waals surface area contributed by atoms with Gasteiger partial charge >= 0.3 is 0 Å². The van der Waals surface area contributed by atoms with Crippen LogP contribution in [0.4, 0.5) is 11.5 Å². The molecule has 2 aromatic carbocycles. The molecule has 1 aromatic heterocycles. The fourth-order valence-corrected chi connectivity index (χ4v) is 2.83. The molecule has 0 fully saturated rings. The molecule has 27 heavy (non-hydrogen) atoms. The minimum Gasteiger partial charge on any atom is -0.368 e. The topological polar surface area (TPSA) is 58.1 Å². The molecule has 3 rings (SSSR count). The van der Waals surface area contributed by atoms with Gasteiger partial charge in [0.25, 0.3) is 5.91 Å². The predicted molar refractivity (Wildman–Crippen MR) is 109 cm³/mol. The van der Waals surface area contributed by atoms with Crippen LogP contribution in [-0.2, 0) is 6.42 Å². The molecule has 0 bridgehead atoms. The molecule has 1 heterocycles. The van der Waals surface area contributed by atoms with Gasteiger partial charge in [0.05, 0.1) is 12.4 Å². The van der Waals surface area contributed by atoms with E-state index in [4.69, 9.17) is 11.6 Å². The summed E-state index contributed by atoms with van der Waals surface area (Å²) >= 11 is 5.89. The third-order valence-electron chi connectivity index (χ3n) is 4.13. The maximum Gasteiger partial charge on any atom is 0.278 e. The van der Waals surface area contributed by atoms with Crippen LogP contribution in [0.25, 0.3) is 0 Å². The Morgan fingerprint density at radius 1 is 1.04 bits per heavy atom. The largest absolute Gasteiger partial charge is 0.368 e. The first kappa shape index (κ1) is 18.9. The third kappa shape index (κ3) is 5.05. The zero-order chi connectivity index (χ0) is 19.1. The van der Waals surface area contributed by atoms with E-state index in [2.05, 4.69) is 15.3 Å². The van der Waals surface area contributed by atoms with E-state index in [1.54, 1.807) is 11.1 Å². The van der Waals surface area contributed by atoms with Crippen molar-refractivity contribution in [3.63, 3.8) is 0 Å². The number of nitrogens with zero attached hydrogens (tertiary/aromatic N) is 3. The summed E-state index contributed by atoms with van der Waals surface area (Å²) in [4.78, 5) is 23.0. The Bertz CT molecular complexity index is 867. The standard InChI is InChI=1S/C21H21ClN4O/c1-2-26(18-6-4-3-5-7-18)21(27)19-14-25-20(15-24-19)23-13-12-16-8-10-17(22)11-9-16/h3-11,14-15H,2,12-13H2,1H3,(H,23,25). The number of carbonyl (C=O) groups is 1. The minimum absolute atomic E-state index is 0.163. The average Bonchev–Trinajstić information content (AvgIpc) is 2.71. The zero-order valence-electron chi connectivity index (χ0n) is 15.1. The van der Waals surface area contributed by atoms with E-state index in [1.165, 1.54) is 11.8 Å². The van der Waals surface area contributed by atoms with Gasteiger partial charge in [0.1, 0.15) is 11.5 Å². The number of halogens is 1. The summed E-state index contributed by atoms with van der Waals surface area (Å²) < 4.78 is 0. The quantitative estimate of drug-likeness (QED) is 0.657. The van der Waals surface area contributed by atoms with Crippen molar-refractivity contribution in [3.8, 4) is 0 Å². The highest BCUT2D eigenvalue weighted by atomic mass is 35.5. The first-order chi connectivity index (χ1) is 13.2. The number of carbonyl (C=O) groups excluding carboxylic acids is 1. The van der Waals surface area contributed by atoms with Crippen LogP contribution < -0.4 is 10.2 Å². The van der Waals surface area contributed by atoms with E-state index in [-0.39, 0.29) is 5.91 Å². The van der Waals surface area contributed by atoms with Gasteiger partial charge in [-0.2, -0.15) is 0 Å². The second kappa shape index (κ2) is 9.14. The van der Waals surface area contributed by atoms with Crippen molar-refractivity contribution in [1.29, 1.82) is 0 Å². The number of anilines is 2. The summed E-state index contributed by atoms with van der Waals surface area (Å²) in [6.07, 6.45) is 3.95. The fraction of sp³-hybridized carbons (Fsp3) is 0.190. The number of hydrogen-bond acceptors (Lipinski definition) is 4. The zero-order valence-corrected chi connectivity index (χ0v) is 15.9. The molecule has 0 spiro atoms. The lowest BCUT2D eigenvalue weighted by atomic mass is 10.1. The normalized spacial score (nSPS) is 10.4. The summed E-state index contributed by atoms with van der Waals surface area (Å²) in [6.45, 7) is 3.21. The third-order valence-corrected chi connectivity index (χ3v) is 4.39. The Balaban J connectivity index is 1.59. The number of nitrogens with one attached hydrogen (secondary N) is 1. The molecule has 0 saturated heterocycles. The number of aromatic nitrogens is 2. The van der Waals surface area contributed by atoms with Gasteiger partial charge in [0, 0.05) is 23.8 Å². The molecule has 0 aliphatic heterocycles. The summed E-state index contributed by atoms with van der Waals surface area (Å²) in [6, 6.07) is 17.3. The van der Waals surface area contributed by atoms with Gasteiger partial charge in [0.15, 0.2) is 0 Å². The molecule has 0 aliphatic rings. The summed E-state index contributed by atoms with van der Waals surface area (Å²) in [5.41, 5.74) is 2.36. The number of para-hydroxylation sites is 1. The summed E-state index contributed by atoms with van der Waals surface area (Å²) in [5.74, 6) is 0.479. The molecule has 6 heteroatoms. The van der Waals surface area contributed by atoms with Gasteiger partial charge in [-0.1, -0.05) is 41.9 Å². The fourth-order valence-electron chi connectivity index (χ4n) is 2.71. The Kier molecular flexibility index (Phi) is 6.39. The van der Waals surface area contributed by atoms with Gasteiger partial charge in [0.2, 0.25) is 0 Å². The molecule has 138 valence electrons. The minimum atomic E-state index is -0.163. The first-order valence-electron chi connectivity index (χ1n) is 8.84. The van der Waals surface area contributed by atoms with Crippen molar-refractivity contribution in [2.45, 2.75) is 13.3 Å². The molecular weight excluding hydrogens is 360 g/mol. The molecule has 0 aliphatic carbocycles. The van der Waals surface area contributed by atoms with Crippen LogP contribution in [-0.4, -0.2) is 29.0 Å². The summed E-state index contributed by atoms with van der Waals surface area (Å²) in [5, 5.41) is 3.95. The van der Waals surface area contributed by atoms with Crippen LogP contribution in [0.1, 0.15) is 23.0 Å². The Labute approximate surface area is 164 Å². The first-order valence-corrected chi connectivity index (χ1v) is 9.22. The number of benzene rings is 2. The van der Waals surface area contributed by atoms with Crippen LogP contribution in [0, 0.1) is 0 Å². The molecule has 1 amide bonds. The van der Waals surface area contributed by atoms with E-state index in [9.17, 15) is 4.79 Å². The molecular formula is C21H21ClN4O. The number of rotatable bonds is 7. The summed E-state index contributed by atoms with van der Waals surface area (Å²) in [7, 11) is 0. The molecule has 0 saturated carbocycles. The Hall–Kier alpha value is -2.92. The van der Waals surface area contributed by atoms with Gasteiger partial charge in [-0.15, -0.1) is 0 Å². The van der Waals surface area contributed by atoms with Crippen LogP contribution in [0.2, 0.25) is 5.02 Å². The smallest absolute Gasteiger partial charge is 0.278 e. The number of amides is 1. The van der Waals surface area contributed by atoms with E-state index >= 15 is 0 Å². The van der Waals surface area contributed by atoms with Gasteiger partial charge < -0.3 is 10.2 Å². The Morgan fingerprint density at radius 2 is 1.78 bits per heavy atom. The molecule has 1 N–H and O–H groups in total. The SMILES string of the molecule is CCN(C(=O)c1cnc(NCCc2ccc(Cl)cc2)cn1)c1ccccc1. The lowest BCUT2D eigenvalue weighted by Crippen LogP contribution is -2.31. The average molecular weight is 381 g/mol. The van der Waals surface area contributed by atoms with Crippen LogP contribution >= 0.6 is 11.6 Å². The van der Waals surface area contributed by atoms with Gasteiger partial charge in [-0.25, -0.2) is 9.97 Å². The van der Waals surface area contributed by atoms with Crippen molar-refractivity contribution in [2.24, 2.45) is 0 Å². The van der Waals surface area contributed by atoms with Crippen molar-refractivity contribution in [2.75, 3.05) is 23.3 Å². The maximum atomic E-state index is 12.7. The second-order valence-corrected chi connectivity index (χ2v) is 6.41. The van der Waals surface area contributed by atoms with E-state index in [0.717, 1.165) is 17.1 Å². The molecule has 0 unspecified atom stereocenters. The van der Waals surface area contributed by atoms with Crippen molar-refractivity contribution < 1.29 is 4.79 Å². The monoisotopic (exact) mass is 380 g/mol. The number of hydrogen-bond donors (Lipinski definition) is 1. The van der Waals surface area contributed by atoms with Crippen LogP contribution in [0.3, 0.4) is 0 Å². The van der Waals surface area contributed by atoms with E-state index < -0.39 is 0 Å². The lowest BCUT2D eigenvalue weighted by molar-refractivity contribution is 0.0983. The molecule has 0 atom stereocenters. The molecule has 5 nitrogen and oxygen atoms in total. The Morgan fingerprint density at radius 3 is 2.41 bits per heavy atom. The van der Waals surface area contributed by atoms with Crippen LogP contribution in [0.15, 0.2) is 67.0 Å². The highest BCUT2D eigenvalue weighted by Crippen LogP contribution is 2.16. The predicted octanol–water partition coefficient (Wildman–Crippen LogP) is 4.45. The van der Waals surface area contributed by atoms with Crippen molar-refractivity contribution in [3.05, 3.63) is 83.3 Å². The maximum absolute atomic E-state index is 12.7. The molecule has 0 radical (unpaired) electrons. The lowest BCUT2D eigenvalue weighted by Gasteiger charge is -2.20. The highest BCUT2D eigenvalue weighted by molar-refractivity contribution is 6.30.